The minimum atomic E-state index is -4.10. The zero-order valence-electron chi connectivity index (χ0n) is 11.4. The highest BCUT2D eigenvalue weighted by molar-refractivity contribution is 14.1. The van der Waals surface area contributed by atoms with E-state index in [-0.39, 0.29) is 16.2 Å². The minimum absolute atomic E-state index is 0.0450. The lowest BCUT2D eigenvalue weighted by Crippen LogP contribution is -2.07. The molecule has 0 aromatic heterocycles. The van der Waals surface area contributed by atoms with Gasteiger partial charge in [0.2, 0.25) is 0 Å². The molecule has 0 atom stereocenters. The molecule has 0 radical (unpaired) electrons. The average Bonchev–Trinajstić information content (AvgIpc) is 2.46. The van der Waals surface area contributed by atoms with Crippen molar-refractivity contribution in [3.05, 3.63) is 69.3 Å². The van der Waals surface area contributed by atoms with Gasteiger partial charge in [0.25, 0.3) is 0 Å². The van der Waals surface area contributed by atoms with Crippen LogP contribution in [0.1, 0.15) is 11.1 Å². The van der Waals surface area contributed by atoms with Crippen molar-refractivity contribution in [1.29, 1.82) is 0 Å². The molecule has 0 aliphatic carbocycles. The van der Waals surface area contributed by atoms with Gasteiger partial charge in [-0.15, -0.1) is 0 Å². The van der Waals surface area contributed by atoms with Gasteiger partial charge in [-0.1, -0.05) is 17.7 Å². The van der Waals surface area contributed by atoms with Gasteiger partial charge in [0.15, 0.2) is 5.76 Å². The molecule has 2 rings (SSSR count). The van der Waals surface area contributed by atoms with Crippen molar-refractivity contribution in [2.45, 2.75) is 11.8 Å². The molecule has 0 saturated carbocycles. The SMILES string of the molecule is Cc1ccc(S(=O)(=O)O/C(=C/I)c2ccc(F)cc2F)cc1. The molecule has 0 spiro atoms. The van der Waals surface area contributed by atoms with Crippen LogP contribution in [0.4, 0.5) is 8.78 Å². The highest BCUT2D eigenvalue weighted by atomic mass is 127. The predicted octanol–water partition coefficient (Wildman–Crippen LogP) is 4.41. The van der Waals surface area contributed by atoms with E-state index < -0.39 is 21.8 Å². The molecular weight excluding hydrogens is 425 g/mol. The molecule has 116 valence electrons. The Hall–Kier alpha value is -1.48. The monoisotopic (exact) mass is 436 g/mol. The molecule has 7 heteroatoms. The standard InChI is InChI=1S/C15H11F2IO3S/c1-10-2-5-12(6-3-10)22(19,20)21-15(9-18)13-7-4-11(16)8-14(13)17/h2-9H,1H3/b15-9+. The van der Waals surface area contributed by atoms with Gasteiger partial charge in [-0.25, -0.2) is 8.78 Å². The lowest BCUT2D eigenvalue weighted by molar-refractivity contribution is 0.460. The zero-order valence-corrected chi connectivity index (χ0v) is 14.4. The molecule has 0 heterocycles. The Morgan fingerprint density at radius 3 is 2.32 bits per heavy atom. The molecular formula is C15H11F2IO3S. The Kier molecular flexibility index (Phi) is 5.17. The van der Waals surface area contributed by atoms with Gasteiger partial charge in [0, 0.05) is 10.1 Å². The quantitative estimate of drug-likeness (QED) is 0.405. The first kappa shape index (κ1) is 16.9. The lowest BCUT2D eigenvalue weighted by atomic mass is 10.2. The molecule has 2 aromatic rings. The van der Waals surface area contributed by atoms with Crippen LogP contribution >= 0.6 is 22.6 Å². The molecule has 0 N–H and O–H groups in total. The van der Waals surface area contributed by atoms with E-state index in [9.17, 15) is 17.2 Å². The summed E-state index contributed by atoms with van der Waals surface area (Å²) in [5.41, 5.74) is 0.764. The molecule has 2 aromatic carbocycles. The van der Waals surface area contributed by atoms with E-state index in [2.05, 4.69) is 0 Å². The Morgan fingerprint density at radius 1 is 1.14 bits per heavy atom. The van der Waals surface area contributed by atoms with Gasteiger partial charge in [-0.3, -0.25) is 0 Å². The third-order valence-corrected chi connectivity index (χ3v) is 4.62. The fourth-order valence-electron chi connectivity index (χ4n) is 1.68. The van der Waals surface area contributed by atoms with Crippen LogP contribution in [0.15, 0.2) is 51.4 Å². The maximum atomic E-state index is 13.8. The number of halogens is 3. The van der Waals surface area contributed by atoms with Crippen molar-refractivity contribution >= 4 is 38.5 Å². The van der Waals surface area contributed by atoms with Crippen molar-refractivity contribution in [3.8, 4) is 0 Å². The van der Waals surface area contributed by atoms with Crippen molar-refractivity contribution < 1.29 is 21.4 Å². The first-order valence-electron chi connectivity index (χ1n) is 6.10. The third kappa shape index (κ3) is 3.83. The number of benzene rings is 2. The number of aryl methyl sites for hydroxylation is 1. The summed E-state index contributed by atoms with van der Waals surface area (Å²) in [5.74, 6) is -1.86. The number of hydrogen-bond donors (Lipinski definition) is 0. The Balaban J connectivity index is 2.36. The topological polar surface area (TPSA) is 43.4 Å². The minimum Gasteiger partial charge on any atom is -0.378 e. The highest BCUT2D eigenvalue weighted by Crippen LogP contribution is 2.26. The summed E-state index contributed by atoms with van der Waals surface area (Å²) < 4.78 is 57.4. The summed E-state index contributed by atoms with van der Waals surface area (Å²) in [6.07, 6.45) is 0. The lowest BCUT2D eigenvalue weighted by Gasteiger charge is -2.11. The van der Waals surface area contributed by atoms with E-state index in [1.54, 1.807) is 34.7 Å². The summed E-state index contributed by atoms with van der Waals surface area (Å²) in [7, 11) is -4.10. The molecule has 0 fully saturated rings. The molecule has 0 amide bonds. The Bertz CT molecular complexity index is 815. The van der Waals surface area contributed by atoms with Crippen LogP contribution in [0.2, 0.25) is 0 Å². The summed E-state index contributed by atoms with van der Waals surface area (Å²) in [6.45, 7) is 1.82. The van der Waals surface area contributed by atoms with E-state index in [0.29, 0.717) is 6.07 Å². The number of rotatable bonds is 4. The molecule has 0 unspecified atom stereocenters. The largest absolute Gasteiger partial charge is 0.378 e. The summed E-state index contributed by atoms with van der Waals surface area (Å²) in [4.78, 5) is -0.0450. The molecule has 0 aliphatic rings. The van der Waals surface area contributed by atoms with Crippen LogP contribution < -0.4 is 0 Å². The fourth-order valence-corrected chi connectivity index (χ4v) is 3.26. The van der Waals surface area contributed by atoms with Gasteiger partial charge in [-0.05, 0) is 53.8 Å². The second kappa shape index (κ2) is 6.74. The number of hydrogen-bond acceptors (Lipinski definition) is 3. The van der Waals surface area contributed by atoms with E-state index >= 15 is 0 Å². The van der Waals surface area contributed by atoms with Crippen LogP contribution in [0, 0.1) is 18.6 Å². The summed E-state index contributed by atoms with van der Waals surface area (Å²) in [6, 6.07) is 8.87. The smallest absolute Gasteiger partial charge is 0.339 e. The van der Waals surface area contributed by atoms with Crippen molar-refractivity contribution in [2.24, 2.45) is 0 Å². The maximum absolute atomic E-state index is 13.8. The van der Waals surface area contributed by atoms with Crippen LogP contribution in [-0.4, -0.2) is 8.42 Å². The first-order chi connectivity index (χ1) is 10.3. The van der Waals surface area contributed by atoms with Crippen molar-refractivity contribution in [3.63, 3.8) is 0 Å². The Labute approximate surface area is 140 Å². The van der Waals surface area contributed by atoms with Gasteiger partial charge in [0.1, 0.15) is 16.5 Å². The predicted molar refractivity (Wildman–Crippen MR) is 87.8 cm³/mol. The molecule has 0 saturated heterocycles. The highest BCUT2D eigenvalue weighted by Gasteiger charge is 2.20. The summed E-state index contributed by atoms with van der Waals surface area (Å²) in [5, 5.41) is 0. The fraction of sp³-hybridized carbons (Fsp3) is 0.0667. The van der Waals surface area contributed by atoms with Crippen LogP contribution in [0.25, 0.3) is 5.76 Å². The van der Waals surface area contributed by atoms with Gasteiger partial charge in [-0.2, -0.15) is 8.42 Å². The van der Waals surface area contributed by atoms with Crippen LogP contribution in [0.3, 0.4) is 0 Å². The van der Waals surface area contributed by atoms with Crippen LogP contribution in [-0.2, 0) is 14.3 Å². The molecule has 0 aliphatic heterocycles. The van der Waals surface area contributed by atoms with E-state index in [4.69, 9.17) is 4.18 Å². The second-order valence-corrected chi connectivity index (χ2v) is 6.62. The van der Waals surface area contributed by atoms with E-state index in [0.717, 1.165) is 17.7 Å². The van der Waals surface area contributed by atoms with Crippen molar-refractivity contribution in [2.75, 3.05) is 0 Å². The van der Waals surface area contributed by atoms with Crippen molar-refractivity contribution in [1.82, 2.24) is 0 Å². The molecule has 0 bridgehead atoms. The van der Waals surface area contributed by atoms with Gasteiger partial charge in [0.05, 0.1) is 5.56 Å². The van der Waals surface area contributed by atoms with Gasteiger partial charge < -0.3 is 4.18 Å². The molecule has 3 nitrogen and oxygen atoms in total. The van der Waals surface area contributed by atoms with E-state index in [1.807, 2.05) is 6.92 Å². The summed E-state index contributed by atoms with van der Waals surface area (Å²) >= 11 is 1.73. The molecule has 22 heavy (non-hydrogen) atoms. The first-order valence-corrected chi connectivity index (χ1v) is 8.76. The second-order valence-electron chi connectivity index (χ2n) is 4.45. The van der Waals surface area contributed by atoms with Gasteiger partial charge >= 0.3 is 10.1 Å². The normalized spacial score (nSPS) is 12.3. The average molecular weight is 436 g/mol. The maximum Gasteiger partial charge on any atom is 0.339 e. The zero-order chi connectivity index (χ0) is 16.3. The Morgan fingerprint density at radius 2 is 1.77 bits per heavy atom. The third-order valence-electron chi connectivity index (χ3n) is 2.80. The van der Waals surface area contributed by atoms with Crippen LogP contribution in [0.5, 0.6) is 0 Å². The van der Waals surface area contributed by atoms with E-state index in [1.165, 1.54) is 16.2 Å².